The first kappa shape index (κ1) is 22.8. The van der Waals surface area contributed by atoms with Gasteiger partial charge in [0.15, 0.2) is 16.9 Å². The van der Waals surface area contributed by atoms with Gasteiger partial charge in [0.25, 0.3) is 0 Å². The zero-order chi connectivity index (χ0) is 22.5. The van der Waals surface area contributed by atoms with Crippen LogP contribution in [-0.2, 0) is 22.6 Å². The van der Waals surface area contributed by atoms with Gasteiger partial charge in [-0.3, -0.25) is 9.69 Å². The van der Waals surface area contributed by atoms with E-state index in [0.717, 1.165) is 29.7 Å². The van der Waals surface area contributed by atoms with Crippen molar-refractivity contribution >= 4 is 5.97 Å². The lowest BCUT2D eigenvalue weighted by Crippen LogP contribution is -2.31. The highest BCUT2D eigenvalue weighted by Crippen LogP contribution is 2.41. The smallest absolute Gasteiger partial charge is 0.338 e. The number of nitrogens with zero attached hydrogens (tertiary/aromatic N) is 2. The van der Waals surface area contributed by atoms with E-state index in [-0.39, 0.29) is 36.9 Å². The second kappa shape index (κ2) is 9.95. The van der Waals surface area contributed by atoms with Crippen LogP contribution in [0.15, 0.2) is 29.2 Å². The summed E-state index contributed by atoms with van der Waals surface area (Å²) in [5.74, 6) is 4.69. The molecule has 0 amide bonds. The van der Waals surface area contributed by atoms with Gasteiger partial charge in [0.2, 0.25) is 0 Å². The van der Waals surface area contributed by atoms with Crippen molar-refractivity contribution in [2.75, 3.05) is 26.8 Å². The standard InChI is InChI=1S/C22H29N3O6/c1-3-16-7-14-8-21(30-6-4-5-26)20(28)9-17(14)18-10-19(27)15(12-25(16)18)11-24(2)13-22(29)31-23/h8-10,12,16,26,28H,3-7,11,13,23H2,1-2H3. The van der Waals surface area contributed by atoms with Crippen LogP contribution in [0, 0.1) is 0 Å². The fourth-order valence-electron chi connectivity index (χ4n) is 3.91. The average Bonchev–Trinajstić information content (AvgIpc) is 2.74. The molecule has 0 spiro atoms. The highest BCUT2D eigenvalue weighted by atomic mass is 16.7. The molecule has 4 N–H and O–H groups in total. The van der Waals surface area contributed by atoms with Crippen LogP contribution in [0.3, 0.4) is 0 Å². The van der Waals surface area contributed by atoms with Crippen LogP contribution < -0.4 is 16.1 Å². The van der Waals surface area contributed by atoms with Crippen molar-refractivity contribution in [3.05, 3.63) is 45.7 Å². The number of phenolic OH excluding ortho intramolecular Hbond substituents is 1. The molecule has 0 bridgehead atoms. The number of carbonyl (C=O) groups is 1. The molecule has 0 saturated carbocycles. The minimum absolute atomic E-state index is 0.00487. The molecule has 1 aromatic carbocycles. The summed E-state index contributed by atoms with van der Waals surface area (Å²) < 4.78 is 7.67. The molecule has 3 rings (SSSR count). The van der Waals surface area contributed by atoms with E-state index in [1.807, 2.05) is 12.3 Å². The Kier molecular flexibility index (Phi) is 7.32. The molecular formula is C22H29N3O6. The normalized spacial score (nSPS) is 14.8. The molecule has 2 heterocycles. The van der Waals surface area contributed by atoms with Gasteiger partial charge in [-0.15, -0.1) is 0 Å². The van der Waals surface area contributed by atoms with Crippen molar-refractivity contribution < 1.29 is 24.6 Å². The van der Waals surface area contributed by atoms with E-state index in [9.17, 15) is 14.7 Å². The fourth-order valence-corrected chi connectivity index (χ4v) is 3.91. The number of aliphatic hydroxyl groups excluding tert-OH is 1. The van der Waals surface area contributed by atoms with Crippen molar-refractivity contribution in [2.24, 2.45) is 5.90 Å². The summed E-state index contributed by atoms with van der Waals surface area (Å²) in [5.41, 5.74) is 2.94. The number of nitrogens with two attached hydrogens (primary N) is 1. The number of carbonyl (C=O) groups excluding carboxylic acids is 1. The van der Waals surface area contributed by atoms with E-state index in [1.54, 1.807) is 24.1 Å². The number of ether oxygens (including phenoxy) is 1. The van der Waals surface area contributed by atoms with Gasteiger partial charge < -0.3 is 24.4 Å². The predicted octanol–water partition coefficient (Wildman–Crippen LogP) is 1.34. The molecule has 1 unspecified atom stereocenters. The summed E-state index contributed by atoms with van der Waals surface area (Å²) in [7, 11) is 1.71. The molecule has 1 atom stereocenters. The van der Waals surface area contributed by atoms with Gasteiger partial charge >= 0.3 is 5.97 Å². The van der Waals surface area contributed by atoms with E-state index < -0.39 is 5.97 Å². The van der Waals surface area contributed by atoms with Gasteiger partial charge in [0.05, 0.1) is 18.8 Å². The van der Waals surface area contributed by atoms with E-state index in [2.05, 4.69) is 16.3 Å². The van der Waals surface area contributed by atoms with E-state index in [0.29, 0.717) is 24.3 Å². The third-order valence-corrected chi connectivity index (χ3v) is 5.47. The SMILES string of the molecule is CCC1Cc2cc(OCCCO)c(O)cc2-c2cc(=O)c(CN(C)CC(=O)ON)cn21. The van der Waals surface area contributed by atoms with Crippen LogP contribution in [0.4, 0.5) is 0 Å². The molecular weight excluding hydrogens is 402 g/mol. The third kappa shape index (κ3) is 5.07. The van der Waals surface area contributed by atoms with Crippen molar-refractivity contribution in [3.63, 3.8) is 0 Å². The van der Waals surface area contributed by atoms with Crippen LogP contribution in [0.25, 0.3) is 11.3 Å². The topological polar surface area (TPSA) is 127 Å². The maximum atomic E-state index is 12.8. The lowest BCUT2D eigenvalue weighted by atomic mass is 9.90. The highest BCUT2D eigenvalue weighted by Gasteiger charge is 2.26. The van der Waals surface area contributed by atoms with Crippen LogP contribution in [0.1, 0.15) is 36.9 Å². The fraction of sp³-hybridized carbons (Fsp3) is 0.455. The summed E-state index contributed by atoms with van der Waals surface area (Å²) in [4.78, 5) is 30.1. The molecule has 31 heavy (non-hydrogen) atoms. The molecule has 1 aliphatic heterocycles. The Hall–Kier alpha value is -2.88. The monoisotopic (exact) mass is 431 g/mol. The molecule has 168 valence electrons. The van der Waals surface area contributed by atoms with Gasteiger partial charge in [-0.1, -0.05) is 6.92 Å². The van der Waals surface area contributed by atoms with E-state index in [4.69, 9.17) is 15.7 Å². The number of benzene rings is 1. The van der Waals surface area contributed by atoms with Gasteiger partial charge in [0.1, 0.15) is 0 Å². The molecule has 1 aliphatic rings. The number of aromatic nitrogens is 1. The summed E-state index contributed by atoms with van der Waals surface area (Å²) in [6.07, 6.45) is 3.90. The first-order valence-electron chi connectivity index (χ1n) is 10.3. The lowest BCUT2D eigenvalue weighted by Gasteiger charge is -2.31. The molecule has 1 aromatic heterocycles. The molecule has 0 radical (unpaired) electrons. The van der Waals surface area contributed by atoms with Crippen LogP contribution >= 0.6 is 0 Å². The number of hydrogen-bond acceptors (Lipinski definition) is 8. The molecule has 2 aromatic rings. The molecule has 0 saturated heterocycles. The Morgan fingerprint density at radius 3 is 2.81 bits per heavy atom. The lowest BCUT2D eigenvalue weighted by molar-refractivity contribution is -0.145. The van der Waals surface area contributed by atoms with Crippen LogP contribution in [0.2, 0.25) is 0 Å². The Morgan fingerprint density at radius 1 is 1.35 bits per heavy atom. The largest absolute Gasteiger partial charge is 0.504 e. The Balaban J connectivity index is 1.96. The quantitative estimate of drug-likeness (QED) is 0.401. The van der Waals surface area contributed by atoms with Gasteiger partial charge in [-0.2, -0.15) is 5.90 Å². The highest BCUT2D eigenvalue weighted by molar-refractivity contribution is 5.71. The molecule has 0 fully saturated rings. The zero-order valence-electron chi connectivity index (χ0n) is 17.8. The second-order valence-electron chi connectivity index (χ2n) is 7.79. The number of hydrogen-bond donors (Lipinski definition) is 3. The Morgan fingerprint density at radius 2 is 2.13 bits per heavy atom. The molecule has 9 heteroatoms. The summed E-state index contributed by atoms with van der Waals surface area (Å²) >= 11 is 0. The Labute approximate surface area is 180 Å². The number of aromatic hydroxyl groups is 1. The van der Waals surface area contributed by atoms with Crippen molar-refractivity contribution in [1.29, 1.82) is 0 Å². The first-order valence-corrected chi connectivity index (χ1v) is 10.3. The van der Waals surface area contributed by atoms with Crippen molar-refractivity contribution in [1.82, 2.24) is 9.47 Å². The van der Waals surface area contributed by atoms with E-state index >= 15 is 0 Å². The number of pyridine rings is 1. The number of fused-ring (bicyclic) bond motifs is 3. The van der Waals surface area contributed by atoms with Crippen molar-refractivity contribution in [2.45, 2.75) is 38.8 Å². The summed E-state index contributed by atoms with van der Waals surface area (Å²) in [6, 6.07) is 5.16. The minimum atomic E-state index is -0.576. The first-order chi connectivity index (χ1) is 14.9. The summed E-state index contributed by atoms with van der Waals surface area (Å²) in [5, 5.41) is 19.4. The van der Waals surface area contributed by atoms with Crippen LogP contribution in [-0.4, -0.2) is 52.5 Å². The summed E-state index contributed by atoms with van der Waals surface area (Å²) in [6.45, 7) is 2.67. The number of phenols is 1. The average molecular weight is 431 g/mol. The van der Waals surface area contributed by atoms with Crippen LogP contribution in [0.5, 0.6) is 11.5 Å². The number of rotatable bonds is 9. The van der Waals surface area contributed by atoms with Gasteiger partial charge in [-0.05, 0) is 37.6 Å². The molecule has 0 aliphatic carbocycles. The zero-order valence-corrected chi connectivity index (χ0v) is 17.8. The predicted molar refractivity (Wildman–Crippen MR) is 115 cm³/mol. The van der Waals surface area contributed by atoms with Crippen molar-refractivity contribution in [3.8, 4) is 22.8 Å². The second-order valence-corrected chi connectivity index (χ2v) is 7.79. The number of aliphatic hydroxyl groups is 1. The maximum Gasteiger partial charge on any atom is 0.338 e. The van der Waals surface area contributed by atoms with Gasteiger partial charge in [-0.25, -0.2) is 4.79 Å². The number of likely N-dealkylation sites (N-methyl/N-ethyl adjacent to an activating group) is 1. The van der Waals surface area contributed by atoms with E-state index in [1.165, 1.54) is 0 Å². The Bertz CT molecular complexity index is 1000. The molecule has 9 nitrogen and oxygen atoms in total. The third-order valence-electron chi connectivity index (χ3n) is 5.47. The van der Waals surface area contributed by atoms with Gasteiger partial charge in [0, 0.05) is 49.0 Å². The maximum absolute atomic E-state index is 12.8. The minimum Gasteiger partial charge on any atom is -0.504 e.